The number of hydrogen-bond donors (Lipinski definition) is 1. The van der Waals surface area contributed by atoms with E-state index in [0.717, 1.165) is 30.0 Å². The van der Waals surface area contributed by atoms with Crippen molar-refractivity contribution in [3.63, 3.8) is 0 Å². The molecule has 0 aliphatic carbocycles. The second-order valence-corrected chi connectivity index (χ2v) is 11.3. The maximum absolute atomic E-state index is 13.0. The summed E-state index contributed by atoms with van der Waals surface area (Å²) in [7, 11) is -3.56. The van der Waals surface area contributed by atoms with Crippen LogP contribution in [0.15, 0.2) is 47.5 Å². The van der Waals surface area contributed by atoms with Gasteiger partial charge in [0.1, 0.15) is 5.82 Å². The van der Waals surface area contributed by atoms with Crippen LogP contribution in [0, 0.1) is 0 Å². The minimum atomic E-state index is -3.56. The van der Waals surface area contributed by atoms with E-state index < -0.39 is 10.0 Å². The molecule has 9 heteroatoms. The molecule has 0 spiro atoms. The van der Waals surface area contributed by atoms with Crippen LogP contribution in [0.4, 0.5) is 10.6 Å². The van der Waals surface area contributed by atoms with Gasteiger partial charge in [-0.05, 0) is 60.6 Å². The maximum atomic E-state index is 13.0. The predicted octanol–water partition coefficient (Wildman–Crippen LogP) is 3.41. The topological polar surface area (TPSA) is 85.8 Å². The van der Waals surface area contributed by atoms with E-state index in [1.807, 2.05) is 24.3 Å². The van der Waals surface area contributed by atoms with Crippen LogP contribution in [0.2, 0.25) is 0 Å². The average Bonchev–Trinajstić information content (AvgIpc) is 2.88. The molecule has 2 aliphatic rings. The first-order valence-electron chi connectivity index (χ1n) is 12.2. The van der Waals surface area contributed by atoms with Gasteiger partial charge in [0.25, 0.3) is 0 Å². The largest absolute Gasteiger partial charge is 0.357 e. The van der Waals surface area contributed by atoms with Crippen molar-refractivity contribution in [1.29, 1.82) is 0 Å². The number of carbonyl (C=O) groups excluding carboxylic acids is 1. The molecule has 0 atom stereocenters. The Kier molecular flexibility index (Phi) is 7.73. The molecule has 3 heterocycles. The molecular weight excluding hydrogens is 450 g/mol. The molecule has 4 rings (SSSR count). The number of hydrogen-bond acceptors (Lipinski definition) is 5. The number of rotatable bonds is 6. The Morgan fingerprint density at radius 1 is 0.971 bits per heavy atom. The number of sulfonamides is 1. The molecule has 0 bridgehead atoms. The molecule has 2 aliphatic heterocycles. The highest BCUT2D eigenvalue weighted by molar-refractivity contribution is 7.89. The van der Waals surface area contributed by atoms with E-state index in [2.05, 4.69) is 29.0 Å². The molecule has 0 saturated carbocycles. The van der Waals surface area contributed by atoms with Crippen molar-refractivity contribution in [2.24, 2.45) is 0 Å². The summed E-state index contributed by atoms with van der Waals surface area (Å²) in [6, 6.07) is 10.9. The first kappa shape index (κ1) is 24.5. The van der Waals surface area contributed by atoms with E-state index in [1.54, 1.807) is 23.2 Å². The van der Waals surface area contributed by atoms with Crippen molar-refractivity contribution in [1.82, 2.24) is 19.5 Å². The summed E-state index contributed by atoms with van der Waals surface area (Å²) in [6.07, 6.45) is 5.44. The van der Waals surface area contributed by atoms with Crippen molar-refractivity contribution >= 4 is 21.9 Å². The minimum Gasteiger partial charge on any atom is -0.357 e. The molecule has 34 heavy (non-hydrogen) atoms. The highest BCUT2D eigenvalue weighted by Gasteiger charge is 2.30. The summed E-state index contributed by atoms with van der Waals surface area (Å²) >= 11 is 0. The van der Waals surface area contributed by atoms with Crippen LogP contribution in [0.1, 0.15) is 50.2 Å². The SMILES string of the molecule is CC(C)c1ccc(S(=O)(=O)N2CCN(C(=O)NCc3ccnc(N4CCCCC4)c3)CC2)cc1. The van der Waals surface area contributed by atoms with Gasteiger partial charge in [-0.1, -0.05) is 26.0 Å². The quantitative estimate of drug-likeness (QED) is 0.678. The van der Waals surface area contributed by atoms with Crippen LogP contribution in [0.5, 0.6) is 0 Å². The first-order valence-corrected chi connectivity index (χ1v) is 13.6. The zero-order valence-electron chi connectivity index (χ0n) is 20.1. The van der Waals surface area contributed by atoms with Gasteiger partial charge in [-0.15, -0.1) is 0 Å². The highest BCUT2D eigenvalue weighted by atomic mass is 32.2. The van der Waals surface area contributed by atoms with Gasteiger partial charge in [-0.25, -0.2) is 18.2 Å². The van der Waals surface area contributed by atoms with Gasteiger partial charge < -0.3 is 15.1 Å². The predicted molar refractivity (Wildman–Crippen MR) is 133 cm³/mol. The van der Waals surface area contributed by atoms with Crippen molar-refractivity contribution in [3.05, 3.63) is 53.7 Å². The van der Waals surface area contributed by atoms with E-state index in [9.17, 15) is 13.2 Å². The lowest BCUT2D eigenvalue weighted by Crippen LogP contribution is -2.52. The van der Waals surface area contributed by atoms with Crippen LogP contribution in [-0.4, -0.2) is 67.9 Å². The smallest absolute Gasteiger partial charge is 0.317 e. The van der Waals surface area contributed by atoms with Gasteiger partial charge in [0, 0.05) is 52.0 Å². The Labute approximate surface area is 203 Å². The van der Waals surface area contributed by atoms with Crippen LogP contribution in [0.3, 0.4) is 0 Å². The Bertz CT molecular complexity index is 1070. The molecule has 0 radical (unpaired) electrons. The Morgan fingerprint density at radius 3 is 2.29 bits per heavy atom. The molecule has 2 fully saturated rings. The molecule has 1 aromatic carbocycles. The minimum absolute atomic E-state index is 0.172. The number of nitrogens with one attached hydrogen (secondary N) is 1. The number of anilines is 1. The molecule has 2 amide bonds. The van der Waals surface area contributed by atoms with Crippen LogP contribution < -0.4 is 10.2 Å². The van der Waals surface area contributed by atoms with Crippen molar-refractivity contribution in [2.45, 2.75) is 50.5 Å². The molecule has 2 saturated heterocycles. The normalized spacial score (nSPS) is 17.7. The highest BCUT2D eigenvalue weighted by Crippen LogP contribution is 2.22. The number of piperidine rings is 1. The zero-order valence-corrected chi connectivity index (χ0v) is 20.9. The number of pyridine rings is 1. The van der Waals surface area contributed by atoms with E-state index in [1.165, 1.54) is 23.6 Å². The van der Waals surface area contributed by atoms with Crippen molar-refractivity contribution in [3.8, 4) is 0 Å². The molecule has 1 N–H and O–H groups in total. The first-order chi connectivity index (χ1) is 16.3. The third-order valence-electron chi connectivity index (χ3n) is 6.64. The van der Waals surface area contributed by atoms with Crippen molar-refractivity contribution in [2.75, 3.05) is 44.2 Å². The average molecular weight is 486 g/mol. The Morgan fingerprint density at radius 2 is 1.65 bits per heavy atom. The summed E-state index contributed by atoms with van der Waals surface area (Å²) in [5.41, 5.74) is 2.12. The van der Waals surface area contributed by atoms with Gasteiger partial charge in [-0.3, -0.25) is 0 Å². The van der Waals surface area contributed by atoms with Gasteiger partial charge >= 0.3 is 6.03 Å². The lowest BCUT2D eigenvalue weighted by Gasteiger charge is -2.34. The second kappa shape index (κ2) is 10.7. The standard InChI is InChI=1S/C25H35N5O3S/c1-20(2)22-6-8-23(9-7-22)34(32,33)30-16-14-29(15-17-30)25(31)27-19-21-10-11-26-24(18-21)28-12-4-3-5-13-28/h6-11,18,20H,3-5,12-17,19H2,1-2H3,(H,27,31). The Balaban J connectivity index is 1.29. The van der Waals surface area contributed by atoms with E-state index in [-0.39, 0.29) is 19.1 Å². The van der Waals surface area contributed by atoms with E-state index >= 15 is 0 Å². The van der Waals surface area contributed by atoms with Crippen LogP contribution in [-0.2, 0) is 16.6 Å². The lowest BCUT2D eigenvalue weighted by molar-refractivity contribution is 0.172. The number of piperazine rings is 1. The molecule has 1 aromatic heterocycles. The summed E-state index contributed by atoms with van der Waals surface area (Å²) in [4.78, 5) is 21.5. The Hall–Kier alpha value is -2.65. The summed E-state index contributed by atoms with van der Waals surface area (Å²) < 4.78 is 27.5. The van der Waals surface area contributed by atoms with Gasteiger partial charge in [0.15, 0.2) is 0 Å². The van der Waals surface area contributed by atoms with Gasteiger partial charge in [-0.2, -0.15) is 4.31 Å². The number of benzene rings is 1. The number of amides is 2. The molecule has 184 valence electrons. The van der Waals surface area contributed by atoms with Crippen LogP contribution in [0.25, 0.3) is 0 Å². The number of aromatic nitrogens is 1. The lowest BCUT2D eigenvalue weighted by atomic mass is 10.0. The van der Waals surface area contributed by atoms with E-state index in [0.29, 0.717) is 30.4 Å². The van der Waals surface area contributed by atoms with E-state index in [4.69, 9.17) is 0 Å². The molecular formula is C25H35N5O3S. The second-order valence-electron chi connectivity index (χ2n) is 9.34. The number of urea groups is 1. The fraction of sp³-hybridized carbons (Fsp3) is 0.520. The molecule has 0 unspecified atom stereocenters. The third kappa shape index (κ3) is 5.70. The zero-order chi connectivity index (χ0) is 24.1. The van der Waals surface area contributed by atoms with Gasteiger partial charge in [0.2, 0.25) is 10.0 Å². The number of nitrogens with zero attached hydrogens (tertiary/aromatic N) is 4. The summed E-state index contributed by atoms with van der Waals surface area (Å²) in [5.74, 6) is 1.31. The molecule has 2 aromatic rings. The maximum Gasteiger partial charge on any atom is 0.317 e. The monoisotopic (exact) mass is 485 g/mol. The van der Waals surface area contributed by atoms with Crippen LogP contribution >= 0.6 is 0 Å². The van der Waals surface area contributed by atoms with Gasteiger partial charge in [0.05, 0.1) is 4.90 Å². The molecule has 8 nitrogen and oxygen atoms in total. The summed E-state index contributed by atoms with van der Waals surface area (Å²) in [5, 5.41) is 2.97. The fourth-order valence-corrected chi connectivity index (χ4v) is 5.88. The fourth-order valence-electron chi connectivity index (χ4n) is 4.46. The van der Waals surface area contributed by atoms with Crippen molar-refractivity contribution < 1.29 is 13.2 Å². The third-order valence-corrected chi connectivity index (χ3v) is 8.56. The summed E-state index contributed by atoms with van der Waals surface area (Å²) in [6.45, 7) is 7.94. The number of carbonyl (C=O) groups is 1.